The van der Waals surface area contributed by atoms with E-state index in [9.17, 15) is 18.0 Å². The number of aryl methyl sites for hydroxylation is 1. The van der Waals surface area contributed by atoms with Crippen molar-refractivity contribution in [1.82, 2.24) is 24.1 Å². The van der Waals surface area contributed by atoms with E-state index in [0.29, 0.717) is 23.7 Å². The van der Waals surface area contributed by atoms with Crippen LogP contribution in [0.1, 0.15) is 37.4 Å². The van der Waals surface area contributed by atoms with E-state index in [4.69, 9.17) is 11.6 Å². The summed E-state index contributed by atoms with van der Waals surface area (Å²) in [5.74, 6) is 0. The van der Waals surface area contributed by atoms with Gasteiger partial charge in [-0.25, -0.2) is 13.2 Å². The number of nitrogens with zero attached hydrogens (tertiary/aromatic N) is 3. The number of fused-ring (bicyclic) bond motifs is 1. The quantitative estimate of drug-likeness (QED) is 0.648. The number of hydrogen-bond donors (Lipinski definition) is 2. The van der Waals surface area contributed by atoms with Crippen molar-refractivity contribution in [1.29, 1.82) is 0 Å². The van der Waals surface area contributed by atoms with Crippen molar-refractivity contribution in [2.45, 2.75) is 36.6 Å². The van der Waals surface area contributed by atoms with E-state index in [1.165, 1.54) is 28.7 Å². The summed E-state index contributed by atoms with van der Waals surface area (Å²) in [5.41, 5.74) is -0.348. The van der Waals surface area contributed by atoms with Gasteiger partial charge in [0.1, 0.15) is 0 Å². The van der Waals surface area contributed by atoms with Crippen molar-refractivity contribution in [3.8, 4) is 0 Å². The van der Waals surface area contributed by atoms with Gasteiger partial charge in [-0.2, -0.15) is 9.40 Å². The monoisotopic (exact) mass is 437 g/mol. The van der Waals surface area contributed by atoms with Crippen LogP contribution in [0.2, 0.25) is 5.02 Å². The van der Waals surface area contributed by atoms with E-state index in [-0.39, 0.29) is 15.8 Å². The summed E-state index contributed by atoms with van der Waals surface area (Å²) < 4.78 is 30.2. The van der Waals surface area contributed by atoms with Gasteiger partial charge < -0.3 is 4.98 Å². The highest BCUT2D eigenvalue weighted by molar-refractivity contribution is 7.89. The Hall–Kier alpha value is -2.43. The van der Waals surface area contributed by atoms with Crippen LogP contribution in [0.25, 0.3) is 10.9 Å². The van der Waals surface area contributed by atoms with Crippen LogP contribution in [0.4, 0.5) is 0 Å². The molecule has 3 aromatic rings. The van der Waals surface area contributed by atoms with E-state index in [0.717, 1.165) is 19.3 Å². The molecule has 0 spiro atoms. The highest BCUT2D eigenvalue weighted by atomic mass is 35.5. The fourth-order valence-electron chi connectivity index (χ4n) is 3.88. The van der Waals surface area contributed by atoms with Gasteiger partial charge in [0.05, 0.1) is 38.8 Å². The minimum Gasteiger partial charge on any atom is -0.307 e. The Morgan fingerprint density at radius 2 is 1.97 bits per heavy atom. The molecule has 3 heterocycles. The largest absolute Gasteiger partial charge is 0.326 e. The second-order valence-corrected chi connectivity index (χ2v) is 9.40. The van der Waals surface area contributed by atoms with E-state index < -0.39 is 27.3 Å². The standard InChI is InChI=1S/C18H20ClN5O4S/c1-23-16(13(19)10-20-23)15-5-3-2-4-8-24(15)29(27,28)11-6-7-14-12(9-11)17(25)22-18(26)21-14/h6-7,9-10,15H,2-5,8H2,1H3,(H2,21,22,25,26). The molecule has 1 aliphatic rings. The second-order valence-electron chi connectivity index (χ2n) is 7.10. The third-order valence-corrected chi connectivity index (χ3v) is 7.47. The molecule has 0 bridgehead atoms. The second kappa shape index (κ2) is 7.43. The van der Waals surface area contributed by atoms with Crippen LogP contribution in [-0.4, -0.2) is 39.0 Å². The number of hydrogen-bond acceptors (Lipinski definition) is 5. The topological polar surface area (TPSA) is 121 Å². The number of sulfonamides is 1. The highest BCUT2D eigenvalue weighted by Gasteiger charge is 2.36. The van der Waals surface area contributed by atoms with Crippen LogP contribution in [0.15, 0.2) is 38.9 Å². The summed E-state index contributed by atoms with van der Waals surface area (Å²) in [7, 11) is -2.18. The minimum atomic E-state index is -3.92. The minimum absolute atomic E-state index is 0.00672. The molecular formula is C18H20ClN5O4S. The molecule has 2 aromatic heterocycles. The molecule has 1 aromatic carbocycles. The summed E-state index contributed by atoms with van der Waals surface area (Å²) in [4.78, 5) is 28.2. The Kier molecular flexibility index (Phi) is 5.09. The van der Waals surface area contributed by atoms with Crippen LogP contribution in [-0.2, 0) is 17.1 Å². The average Bonchev–Trinajstić information content (AvgIpc) is 2.86. The zero-order chi connectivity index (χ0) is 20.8. The van der Waals surface area contributed by atoms with E-state index in [2.05, 4.69) is 15.1 Å². The number of aromatic nitrogens is 4. The van der Waals surface area contributed by atoms with Crippen LogP contribution in [0.5, 0.6) is 0 Å². The molecule has 9 nitrogen and oxygen atoms in total. The summed E-state index contributed by atoms with van der Waals surface area (Å²) in [6, 6.07) is 3.68. The predicted octanol–water partition coefficient (Wildman–Crippen LogP) is 1.91. The van der Waals surface area contributed by atoms with E-state index in [1.807, 2.05) is 0 Å². The Bertz CT molecular complexity index is 1270. The van der Waals surface area contributed by atoms with Gasteiger partial charge in [-0.05, 0) is 31.0 Å². The predicted molar refractivity (Wildman–Crippen MR) is 109 cm³/mol. The number of aromatic amines is 2. The highest BCUT2D eigenvalue weighted by Crippen LogP contribution is 2.37. The molecule has 0 amide bonds. The van der Waals surface area contributed by atoms with Crippen molar-refractivity contribution in [2.75, 3.05) is 6.54 Å². The summed E-state index contributed by atoms with van der Waals surface area (Å²) in [6.45, 7) is 0.342. The number of benzene rings is 1. The number of rotatable bonds is 3. The SMILES string of the molecule is Cn1ncc(Cl)c1C1CCCCCN1S(=O)(=O)c1ccc2[nH]c(=O)[nH]c(=O)c2c1. The van der Waals surface area contributed by atoms with E-state index in [1.54, 1.807) is 11.7 Å². The molecule has 2 N–H and O–H groups in total. The Balaban J connectivity index is 1.85. The molecule has 1 aliphatic heterocycles. The van der Waals surface area contributed by atoms with Gasteiger partial charge in [-0.3, -0.25) is 14.5 Å². The molecule has 154 valence electrons. The van der Waals surface area contributed by atoms with Gasteiger partial charge in [0.2, 0.25) is 10.0 Å². The molecule has 4 rings (SSSR count). The fraction of sp³-hybridized carbons (Fsp3) is 0.389. The number of H-pyrrole nitrogens is 2. The van der Waals surface area contributed by atoms with Crippen molar-refractivity contribution in [3.05, 3.63) is 56.0 Å². The number of halogens is 1. The fourth-order valence-corrected chi connectivity index (χ4v) is 5.86. The average molecular weight is 438 g/mol. The normalized spacial score (nSPS) is 18.8. The molecule has 1 saturated heterocycles. The molecule has 1 fully saturated rings. The van der Waals surface area contributed by atoms with Crippen molar-refractivity contribution in [3.63, 3.8) is 0 Å². The lowest BCUT2D eigenvalue weighted by Gasteiger charge is -2.29. The van der Waals surface area contributed by atoms with Gasteiger partial charge >= 0.3 is 5.69 Å². The maximum atomic E-state index is 13.6. The van der Waals surface area contributed by atoms with Gasteiger partial charge in [-0.15, -0.1) is 0 Å². The van der Waals surface area contributed by atoms with Gasteiger partial charge in [0.15, 0.2) is 0 Å². The van der Waals surface area contributed by atoms with Gasteiger partial charge in [0.25, 0.3) is 5.56 Å². The van der Waals surface area contributed by atoms with E-state index >= 15 is 0 Å². The summed E-state index contributed by atoms with van der Waals surface area (Å²) in [6.07, 6.45) is 4.65. The van der Waals surface area contributed by atoms with Crippen LogP contribution < -0.4 is 11.2 Å². The first-order valence-corrected chi connectivity index (χ1v) is 11.1. The number of nitrogens with one attached hydrogen (secondary N) is 2. The Labute approximate surface area is 171 Å². The molecular weight excluding hydrogens is 418 g/mol. The Morgan fingerprint density at radius 1 is 1.17 bits per heavy atom. The van der Waals surface area contributed by atoms with Crippen molar-refractivity contribution < 1.29 is 8.42 Å². The first-order chi connectivity index (χ1) is 13.8. The zero-order valence-corrected chi connectivity index (χ0v) is 17.3. The van der Waals surface area contributed by atoms with Crippen molar-refractivity contribution >= 4 is 32.5 Å². The molecule has 0 aliphatic carbocycles. The molecule has 29 heavy (non-hydrogen) atoms. The summed E-state index contributed by atoms with van der Waals surface area (Å²) >= 11 is 6.32. The smallest absolute Gasteiger partial charge is 0.307 e. The molecule has 0 saturated carbocycles. The van der Waals surface area contributed by atoms with Gasteiger partial charge in [0, 0.05) is 13.6 Å². The van der Waals surface area contributed by atoms with Crippen LogP contribution in [0.3, 0.4) is 0 Å². The molecule has 1 unspecified atom stereocenters. The van der Waals surface area contributed by atoms with Crippen LogP contribution in [0, 0.1) is 0 Å². The van der Waals surface area contributed by atoms with Crippen molar-refractivity contribution in [2.24, 2.45) is 7.05 Å². The lowest BCUT2D eigenvalue weighted by atomic mass is 10.1. The van der Waals surface area contributed by atoms with Crippen LogP contribution >= 0.6 is 11.6 Å². The van der Waals surface area contributed by atoms with Gasteiger partial charge in [-0.1, -0.05) is 24.4 Å². The first kappa shape index (κ1) is 19.9. The third-order valence-electron chi connectivity index (χ3n) is 5.27. The maximum absolute atomic E-state index is 13.6. The lowest BCUT2D eigenvalue weighted by molar-refractivity contribution is 0.315. The lowest BCUT2D eigenvalue weighted by Crippen LogP contribution is -2.36. The Morgan fingerprint density at radius 3 is 2.69 bits per heavy atom. The maximum Gasteiger partial charge on any atom is 0.326 e. The third kappa shape index (κ3) is 3.52. The molecule has 1 atom stereocenters. The molecule has 11 heteroatoms. The summed E-state index contributed by atoms with van der Waals surface area (Å²) in [5, 5.41) is 4.69. The zero-order valence-electron chi connectivity index (χ0n) is 15.7. The first-order valence-electron chi connectivity index (χ1n) is 9.24. The molecule has 0 radical (unpaired) electrons.